The molecule has 0 aliphatic heterocycles. The van der Waals surface area contributed by atoms with E-state index in [1.165, 1.54) is 10.8 Å². The first kappa shape index (κ1) is 19.0. The Morgan fingerprint density at radius 3 is 2.04 bits per heavy atom. The Kier molecular flexibility index (Phi) is 7.26. The van der Waals surface area contributed by atoms with Crippen LogP contribution in [0.25, 0.3) is 10.8 Å². The van der Waals surface area contributed by atoms with Crippen molar-refractivity contribution < 1.29 is 5.11 Å². The van der Waals surface area contributed by atoms with Gasteiger partial charge in [-0.2, -0.15) is 0 Å². The Balaban J connectivity index is 2.21. The van der Waals surface area contributed by atoms with Crippen molar-refractivity contribution in [1.82, 2.24) is 0 Å². The number of hydrogen-bond donors (Lipinski definition) is 2. The smallest absolute Gasteiger partial charge is 0.0839 e. The van der Waals surface area contributed by atoms with E-state index in [1.807, 2.05) is 12.1 Å². The molecule has 0 saturated heterocycles. The third kappa shape index (κ3) is 4.81. The summed E-state index contributed by atoms with van der Waals surface area (Å²) in [4.78, 5) is 0. The Hall–Kier alpha value is -1.38. The van der Waals surface area contributed by atoms with Gasteiger partial charge in [0.15, 0.2) is 0 Å². The topological polar surface area (TPSA) is 46.2 Å². The Labute approximate surface area is 147 Å². The van der Waals surface area contributed by atoms with E-state index >= 15 is 0 Å². The van der Waals surface area contributed by atoms with Crippen LogP contribution in [0, 0.1) is 0 Å². The molecule has 2 nitrogen and oxygen atoms in total. The summed E-state index contributed by atoms with van der Waals surface area (Å²) >= 11 is 0. The van der Waals surface area contributed by atoms with Gasteiger partial charge in [-0.15, -0.1) is 0 Å². The molecule has 0 aliphatic rings. The molecule has 0 aromatic heterocycles. The van der Waals surface area contributed by atoms with Gasteiger partial charge >= 0.3 is 0 Å². The van der Waals surface area contributed by atoms with Crippen LogP contribution in [0.4, 0.5) is 0 Å². The highest BCUT2D eigenvalue weighted by Gasteiger charge is 2.34. The lowest BCUT2D eigenvalue weighted by molar-refractivity contribution is -0.00757. The lowest BCUT2D eigenvalue weighted by atomic mass is 9.80. The van der Waals surface area contributed by atoms with Crippen LogP contribution < -0.4 is 5.73 Å². The van der Waals surface area contributed by atoms with Crippen LogP contribution in [0.15, 0.2) is 42.5 Å². The average Bonchev–Trinajstić information content (AvgIpc) is 2.61. The number of benzene rings is 2. The van der Waals surface area contributed by atoms with E-state index in [4.69, 9.17) is 5.73 Å². The van der Waals surface area contributed by atoms with E-state index in [0.29, 0.717) is 0 Å². The zero-order valence-corrected chi connectivity index (χ0v) is 15.3. The normalized spacial score (nSPS) is 13.3. The monoisotopic (exact) mass is 327 g/mol. The highest BCUT2D eigenvalue weighted by molar-refractivity contribution is 5.83. The van der Waals surface area contributed by atoms with Crippen molar-refractivity contribution in [3.8, 4) is 0 Å². The maximum Gasteiger partial charge on any atom is 0.0839 e. The summed E-state index contributed by atoms with van der Waals surface area (Å²) in [6.07, 6.45) is 8.30. The van der Waals surface area contributed by atoms with Gasteiger partial charge in [0, 0.05) is 0 Å². The molecule has 0 aliphatic carbocycles. The second-order valence-electron chi connectivity index (χ2n) is 7.10. The maximum atomic E-state index is 11.3. The van der Waals surface area contributed by atoms with E-state index in [1.54, 1.807) is 0 Å². The van der Waals surface area contributed by atoms with Crippen molar-refractivity contribution in [2.24, 2.45) is 5.73 Å². The van der Waals surface area contributed by atoms with Gasteiger partial charge < -0.3 is 10.8 Å². The fourth-order valence-corrected chi connectivity index (χ4v) is 3.51. The molecule has 0 spiro atoms. The first-order valence-corrected chi connectivity index (χ1v) is 9.57. The van der Waals surface area contributed by atoms with Crippen molar-refractivity contribution in [3.63, 3.8) is 0 Å². The summed E-state index contributed by atoms with van der Waals surface area (Å²) in [6.45, 7) is 4.39. The van der Waals surface area contributed by atoms with E-state index in [9.17, 15) is 5.11 Å². The van der Waals surface area contributed by atoms with Crippen molar-refractivity contribution in [1.29, 1.82) is 0 Å². The van der Waals surface area contributed by atoms with Crippen LogP contribution in [0.5, 0.6) is 0 Å². The SMILES string of the molecule is CCCCCC(O)(CCCCC)[C@H](N)c1ccc2ccccc2c1. The van der Waals surface area contributed by atoms with Crippen LogP contribution in [0.3, 0.4) is 0 Å². The molecule has 0 saturated carbocycles. The lowest BCUT2D eigenvalue weighted by Crippen LogP contribution is -2.41. The van der Waals surface area contributed by atoms with Gasteiger partial charge in [0.2, 0.25) is 0 Å². The Bertz CT molecular complexity index is 612. The van der Waals surface area contributed by atoms with E-state index in [-0.39, 0.29) is 6.04 Å². The number of aliphatic hydroxyl groups is 1. The van der Waals surface area contributed by atoms with Crippen molar-refractivity contribution in [3.05, 3.63) is 48.0 Å². The van der Waals surface area contributed by atoms with Crippen LogP contribution >= 0.6 is 0 Å². The number of hydrogen-bond acceptors (Lipinski definition) is 2. The van der Waals surface area contributed by atoms with Gasteiger partial charge in [-0.05, 0) is 35.2 Å². The van der Waals surface area contributed by atoms with Gasteiger partial charge in [0.25, 0.3) is 0 Å². The zero-order valence-electron chi connectivity index (χ0n) is 15.3. The Morgan fingerprint density at radius 1 is 0.875 bits per heavy atom. The van der Waals surface area contributed by atoms with Crippen molar-refractivity contribution in [2.45, 2.75) is 76.9 Å². The molecule has 132 valence electrons. The van der Waals surface area contributed by atoms with Gasteiger partial charge in [-0.25, -0.2) is 0 Å². The molecular weight excluding hydrogens is 294 g/mol. The van der Waals surface area contributed by atoms with Crippen LogP contribution in [-0.4, -0.2) is 10.7 Å². The molecule has 0 bridgehead atoms. The molecule has 2 heteroatoms. The molecular formula is C22H33NO. The molecule has 0 radical (unpaired) electrons. The highest BCUT2D eigenvalue weighted by atomic mass is 16.3. The average molecular weight is 328 g/mol. The number of nitrogens with two attached hydrogens (primary N) is 1. The minimum Gasteiger partial charge on any atom is -0.388 e. The number of unbranched alkanes of at least 4 members (excludes halogenated alkanes) is 4. The third-order valence-corrected chi connectivity index (χ3v) is 5.14. The van der Waals surface area contributed by atoms with Gasteiger partial charge in [0.1, 0.15) is 0 Å². The van der Waals surface area contributed by atoms with Crippen molar-refractivity contribution >= 4 is 10.8 Å². The van der Waals surface area contributed by atoms with Crippen LogP contribution in [0.1, 0.15) is 76.8 Å². The molecule has 0 unspecified atom stereocenters. The van der Waals surface area contributed by atoms with E-state index in [0.717, 1.165) is 56.9 Å². The summed E-state index contributed by atoms with van der Waals surface area (Å²) < 4.78 is 0. The van der Waals surface area contributed by atoms with E-state index < -0.39 is 5.60 Å². The molecule has 2 aromatic rings. The molecule has 0 heterocycles. The molecule has 0 fully saturated rings. The lowest BCUT2D eigenvalue weighted by Gasteiger charge is -2.35. The predicted octanol–water partition coefficient (Wildman–Crippen LogP) is 5.73. The summed E-state index contributed by atoms with van der Waals surface area (Å²) in [7, 11) is 0. The summed E-state index contributed by atoms with van der Waals surface area (Å²) in [6, 6.07) is 14.3. The molecule has 1 atom stereocenters. The summed E-state index contributed by atoms with van der Waals surface area (Å²) in [5, 5.41) is 13.7. The molecule has 3 N–H and O–H groups in total. The quantitative estimate of drug-likeness (QED) is 0.547. The van der Waals surface area contributed by atoms with E-state index in [2.05, 4.69) is 44.2 Å². The van der Waals surface area contributed by atoms with Crippen LogP contribution in [-0.2, 0) is 0 Å². The number of rotatable bonds is 10. The van der Waals surface area contributed by atoms with Gasteiger partial charge in [-0.1, -0.05) is 88.8 Å². The van der Waals surface area contributed by atoms with Gasteiger partial charge in [-0.3, -0.25) is 0 Å². The fourth-order valence-electron chi connectivity index (χ4n) is 3.51. The molecule has 0 amide bonds. The second-order valence-corrected chi connectivity index (χ2v) is 7.10. The highest BCUT2D eigenvalue weighted by Crippen LogP contribution is 2.34. The second kappa shape index (κ2) is 9.19. The fraction of sp³-hybridized carbons (Fsp3) is 0.545. The molecule has 24 heavy (non-hydrogen) atoms. The maximum absolute atomic E-state index is 11.3. The molecule has 2 rings (SSSR count). The summed E-state index contributed by atoms with van der Waals surface area (Å²) in [5.41, 5.74) is 6.83. The largest absolute Gasteiger partial charge is 0.388 e. The minimum absolute atomic E-state index is 0.323. The Morgan fingerprint density at radius 2 is 1.46 bits per heavy atom. The first-order valence-electron chi connectivity index (χ1n) is 9.57. The molecule has 2 aromatic carbocycles. The first-order chi connectivity index (χ1) is 11.6. The minimum atomic E-state index is -0.799. The third-order valence-electron chi connectivity index (χ3n) is 5.14. The predicted molar refractivity (Wildman–Crippen MR) is 104 cm³/mol. The number of fused-ring (bicyclic) bond motifs is 1. The van der Waals surface area contributed by atoms with Crippen molar-refractivity contribution in [2.75, 3.05) is 0 Å². The van der Waals surface area contributed by atoms with Gasteiger partial charge in [0.05, 0.1) is 11.6 Å². The standard InChI is InChI=1S/C22H33NO/c1-3-5-9-15-22(24,16-10-6-4-2)21(23)20-14-13-18-11-7-8-12-19(18)17-20/h7-8,11-14,17,21,24H,3-6,9-10,15-16,23H2,1-2H3/t21-/m1/s1. The summed E-state index contributed by atoms with van der Waals surface area (Å²) in [5.74, 6) is 0. The van der Waals surface area contributed by atoms with Crippen LogP contribution in [0.2, 0.25) is 0 Å². The zero-order chi connectivity index (χ0) is 17.4.